The number of carbonyl (C=O) groups excluding carboxylic acids is 1. The van der Waals surface area contributed by atoms with Crippen molar-refractivity contribution in [3.63, 3.8) is 0 Å². The third kappa shape index (κ3) is 11.0. The molecule has 2 N–H and O–H groups in total. The molecule has 0 aromatic heterocycles. The Morgan fingerprint density at radius 2 is 1.51 bits per heavy atom. The first-order valence-electron chi connectivity index (χ1n) is 14.8. The molecule has 0 saturated heterocycles. The monoisotopic (exact) mass is 589 g/mol. The molecule has 8 nitrogen and oxygen atoms in total. The number of fused-ring (bicyclic) bond motifs is 1. The molecule has 0 saturated carbocycles. The minimum absolute atomic E-state index is 0.152. The molecule has 8 heteroatoms. The molecule has 43 heavy (non-hydrogen) atoms. The Bertz CT molecular complexity index is 1400. The number of hydrogen-bond acceptors (Lipinski definition) is 5. The number of unbranched alkanes of at least 4 members (excludes halogenated alkanes) is 2. The summed E-state index contributed by atoms with van der Waals surface area (Å²) in [5, 5.41) is 21.1. The number of rotatable bonds is 18. The SMILES string of the molecule is Cc1ccc(CCCCCOC(C(=O)N(C)CC=CCCc2ccc3ccccc3c2)C(OCC(=O)O)C(=O)O)cc1C. The summed E-state index contributed by atoms with van der Waals surface area (Å²) in [5.41, 5.74) is 4.99. The van der Waals surface area contributed by atoms with E-state index in [1.54, 1.807) is 7.05 Å². The Hall–Kier alpha value is -4.01. The first-order chi connectivity index (χ1) is 20.7. The quantitative estimate of drug-likeness (QED) is 0.143. The van der Waals surface area contributed by atoms with Crippen molar-refractivity contribution in [3.8, 4) is 0 Å². The lowest BCUT2D eigenvalue weighted by molar-refractivity contribution is -0.175. The summed E-state index contributed by atoms with van der Waals surface area (Å²) < 4.78 is 10.9. The summed E-state index contributed by atoms with van der Waals surface area (Å²) in [5.74, 6) is -3.35. The normalized spacial score (nSPS) is 12.8. The highest BCUT2D eigenvalue weighted by atomic mass is 16.6. The average Bonchev–Trinajstić information content (AvgIpc) is 2.98. The van der Waals surface area contributed by atoms with E-state index in [2.05, 4.69) is 62.4 Å². The van der Waals surface area contributed by atoms with Gasteiger partial charge in [0.05, 0.1) is 0 Å². The van der Waals surface area contributed by atoms with Crippen LogP contribution in [-0.2, 0) is 36.7 Å². The van der Waals surface area contributed by atoms with Crippen molar-refractivity contribution in [1.29, 1.82) is 0 Å². The second-order valence-corrected chi connectivity index (χ2v) is 10.9. The zero-order chi connectivity index (χ0) is 31.2. The van der Waals surface area contributed by atoms with E-state index in [1.165, 1.54) is 37.9 Å². The number of likely N-dealkylation sites (N-methyl/N-ethyl adjacent to an activating group) is 1. The summed E-state index contributed by atoms with van der Waals surface area (Å²) in [4.78, 5) is 37.7. The topological polar surface area (TPSA) is 113 Å². The number of benzene rings is 3. The van der Waals surface area contributed by atoms with Crippen LogP contribution >= 0.6 is 0 Å². The fourth-order valence-electron chi connectivity index (χ4n) is 4.82. The van der Waals surface area contributed by atoms with Gasteiger partial charge >= 0.3 is 11.9 Å². The van der Waals surface area contributed by atoms with E-state index in [4.69, 9.17) is 14.6 Å². The van der Waals surface area contributed by atoms with Crippen molar-refractivity contribution >= 4 is 28.6 Å². The first kappa shape index (κ1) is 33.5. The molecule has 0 heterocycles. The van der Waals surface area contributed by atoms with Gasteiger partial charge in [-0.15, -0.1) is 0 Å². The van der Waals surface area contributed by atoms with Crippen molar-refractivity contribution in [2.75, 3.05) is 26.8 Å². The van der Waals surface area contributed by atoms with Crippen molar-refractivity contribution < 1.29 is 34.1 Å². The molecule has 3 rings (SSSR count). The summed E-state index contributed by atoms with van der Waals surface area (Å²) in [6, 6.07) is 21.0. The highest BCUT2D eigenvalue weighted by Gasteiger charge is 2.37. The van der Waals surface area contributed by atoms with E-state index in [0.29, 0.717) is 6.42 Å². The second-order valence-electron chi connectivity index (χ2n) is 10.9. The largest absolute Gasteiger partial charge is 0.480 e. The molecule has 0 aliphatic rings. The van der Waals surface area contributed by atoms with E-state index in [0.717, 1.165) is 32.1 Å². The zero-order valence-corrected chi connectivity index (χ0v) is 25.3. The molecule has 0 fully saturated rings. The molecule has 0 bridgehead atoms. The number of aliphatic carboxylic acids is 2. The van der Waals surface area contributed by atoms with Crippen LogP contribution in [0.2, 0.25) is 0 Å². The Morgan fingerprint density at radius 1 is 0.791 bits per heavy atom. The van der Waals surface area contributed by atoms with Crippen LogP contribution in [0.1, 0.15) is 47.9 Å². The lowest BCUT2D eigenvalue weighted by atomic mass is 10.0. The highest BCUT2D eigenvalue weighted by Crippen LogP contribution is 2.17. The molecule has 3 aromatic rings. The van der Waals surface area contributed by atoms with E-state index in [-0.39, 0.29) is 13.2 Å². The molecular formula is C35H43NO7. The van der Waals surface area contributed by atoms with Crippen molar-refractivity contribution in [2.24, 2.45) is 0 Å². The van der Waals surface area contributed by atoms with Crippen LogP contribution in [0.25, 0.3) is 10.8 Å². The van der Waals surface area contributed by atoms with Crippen LogP contribution in [0.4, 0.5) is 0 Å². The van der Waals surface area contributed by atoms with Crippen LogP contribution < -0.4 is 0 Å². The summed E-state index contributed by atoms with van der Waals surface area (Å²) in [6.45, 7) is 3.73. The average molecular weight is 590 g/mol. The van der Waals surface area contributed by atoms with Gasteiger partial charge in [-0.2, -0.15) is 0 Å². The van der Waals surface area contributed by atoms with Gasteiger partial charge in [-0.1, -0.05) is 79.2 Å². The van der Waals surface area contributed by atoms with Gasteiger partial charge in [0, 0.05) is 20.2 Å². The minimum atomic E-state index is -1.74. The molecule has 1 amide bonds. The number of nitrogens with zero attached hydrogens (tertiary/aromatic N) is 1. The Balaban J connectivity index is 1.52. The predicted molar refractivity (Wildman–Crippen MR) is 167 cm³/mol. The number of allylic oxidation sites excluding steroid dienone is 1. The first-order valence-corrected chi connectivity index (χ1v) is 14.8. The third-order valence-corrected chi connectivity index (χ3v) is 7.46. The van der Waals surface area contributed by atoms with Gasteiger partial charge in [-0.25, -0.2) is 9.59 Å². The van der Waals surface area contributed by atoms with Crippen molar-refractivity contribution in [2.45, 2.75) is 64.6 Å². The maximum absolute atomic E-state index is 13.3. The Labute approximate surface area is 253 Å². The van der Waals surface area contributed by atoms with Crippen LogP contribution in [0.5, 0.6) is 0 Å². The van der Waals surface area contributed by atoms with Crippen molar-refractivity contribution in [3.05, 3.63) is 95.1 Å². The lowest BCUT2D eigenvalue weighted by Gasteiger charge is -2.27. The molecule has 0 aliphatic carbocycles. The van der Waals surface area contributed by atoms with Gasteiger partial charge in [0.2, 0.25) is 0 Å². The maximum atomic E-state index is 13.3. The molecule has 0 aliphatic heterocycles. The fraction of sp³-hybridized carbons (Fsp3) is 0.400. The second kappa shape index (κ2) is 17.2. The van der Waals surface area contributed by atoms with E-state index >= 15 is 0 Å². The number of ether oxygens (including phenoxy) is 2. The molecule has 0 spiro atoms. The molecule has 2 atom stereocenters. The number of hydrogen-bond donors (Lipinski definition) is 2. The molecule has 0 radical (unpaired) electrons. The molecule has 3 aromatic carbocycles. The van der Waals surface area contributed by atoms with Gasteiger partial charge in [-0.3, -0.25) is 4.79 Å². The fourth-order valence-corrected chi connectivity index (χ4v) is 4.82. The van der Waals surface area contributed by atoms with Gasteiger partial charge in [0.25, 0.3) is 5.91 Å². The van der Waals surface area contributed by atoms with Crippen LogP contribution in [0.3, 0.4) is 0 Å². The Kier molecular flexibility index (Phi) is 13.4. The summed E-state index contributed by atoms with van der Waals surface area (Å²) >= 11 is 0. The highest BCUT2D eigenvalue weighted by molar-refractivity contribution is 5.88. The van der Waals surface area contributed by atoms with Crippen molar-refractivity contribution in [1.82, 2.24) is 4.90 Å². The van der Waals surface area contributed by atoms with E-state index < -0.39 is 36.7 Å². The van der Waals surface area contributed by atoms with Crippen LogP contribution in [0, 0.1) is 13.8 Å². The lowest BCUT2D eigenvalue weighted by Crippen LogP contribution is -2.49. The van der Waals surface area contributed by atoms with E-state index in [1.807, 2.05) is 24.3 Å². The third-order valence-electron chi connectivity index (χ3n) is 7.46. The molecular weight excluding hydrogens is 546 g/mol. The van der Waals surface area contributed by atoms with E-state index in [9.17, 15) is 19.5 Å². The summed E-state index contributed by atoms with van der Waals surface area (Å²) in [6.07, 6.45) is 5.56. The summed E-state index contributed by atoms with van der Waals surface area (Å²) in [7, 11) is 1.56. The number of carboxylic acids is 2. The standard InChI is InChI=1S/C35H43NO7/c1-25-16-17-27(22-26(25)2)12-7-5-11-21-42-32(33(35(40)41)43-24-31(37)38)34(39)36(3)20-10-4-6-13-28-18-19-29-14-8-9-15-30(29)23-28/h4,8-10,14-19,22-23,32-33H,5-7,11-13,20-21,24H2,1-3H3,(H,37,38)(H,40,41). The van der Waals surface area contributed by atoms with Crippen LogP contribution in [-0.4, -0.2) is 72.0 Å². The minimum Gasteiger partial charge on any atom is -0.480 e. The predicted octanol–water partition coefficient (Wildman–Crippen LogP) is 5.76. The smallest absolute Gasteiger partial charge is 0.336 e. The number of amides is 1. The number of carboxylic acid groups (broad SMARTS) is 2. The molecule has 2 unspecified atom stereocenters. The van der Waals surface area contributed by atoms with Crippen LogP contribution in [0.15, 0.2) is 72.8 Å². The van der Waals surface area contributed by atoms with Gasteiger partial charge in [-0.05, 0) is 79.0 Å². The molecule has 230 valence electrons. The van der Waals surface area contributed by atoms with Gasteiger partial charge in [0.15, 0.2) is 12.2 Å². The maximum Gasteiger partial charge on any atom is 0.336 e. The zero-order valence-electron chi connectivity index (χ0n) is 25.3. The number of aryl methyl sites for hydroxylation is 4. The van der Waals surface area contributed by atoms with Gasteiger partial charge < -0.3 is 24.6 Å². The van der Waals surface area contributed by atoms with Gasteiger partial charge in [0.1, 0.15) is 6.61 Å². The Morgan fingerprint density at radius 3 is 2.23 bits per heavy atom. The number of carbonyl (C=O) groups is 3.